The normalized spacial score (nSPS) is 14.3. The first-order valence-electron chi connectivity index (χ1n) is 9.38. The maximum Gasteiger partial charge on any atom is 0.307 e. The molecule has 150 valence electrons. The van der Waals surface area contributed by atoms with Crippen molar-refractivity contribution in [2.24, 2.45) is 0 Å². The number of halogens is 2. The molecule has 0 saturated carbocycles. The summed E-state index contributed by atoms with van der Waals surface area (Å²) in [6.07, 6.45) is 1.90. The number of hydrogen-bond acceptors (Lipinski definition) is 2. The van der Waals surface area contributed by atoms with Gasteiger partial charge in [0.15, 0.2) is 0 Å². The van der Waals surface area contributed by atoms with E-state index in [-0.39, 0.29) is 12.2 Å². The average Bonchev–Trinajstić information content (AvgIpc) is 2.96. The summed E-state index contributed by atoms with van der Waals surface area (Å²) in [7, 11) is 0. The van der Waals surface area contributed by atoms with Gasteiger partial charge in [-0.2, -0.15) is 0 Å². The van der Waals surface area contributed by atoms with Crippen LogP contribution in [0.2, 0.25) is 5.02 Å². The average molecular weight is 437 g/mol. The fourth-order valence-electron chi connectivity index (χ4n) is 3.57. The van der Waals surface area contributed by atoms with E-state index in [1.54, 1.807) is 17.8 Å². The van der Waals surface area contributed by atoms with Crippen LogP contribution >= 0.6 is 23.4 Å². The highest BCUT2D eigenvalue weighted by atomic mass is 35.5. The predicted molar refractivity (Wildman–Crippen MR) is 121 cm³/mol. The van der Waals surface area contributed by atoms with Crippen LogP contribution in [0.1, 0.15) is 30.0 Å². The number of carbonyl (C=O) groups is 1. The molecule has 0 atom stereocenters. The molecule has 0 heterocycles. The van der Waals surface area contributed by atoms with E-state index in [0.717, 1.165) is 32.1 Å². The number of fused-ring (bicyclic) bond motifs is 1. The lowest BCUT2D eigenvalue weighted by Gasteiger charge is -2.06. The molecule has 0 saturated heterocycles. The molecule has 30 heavy (non-hydrogen) atoms. The highest BCUT2D eigenvalue weighted by Gasteiger charge is 2.25. The minimum atomic E-state index is -0.926. The van der Waals surface area contributed by atoms with Gasteiger partial charge in [0.2, 0.25) is 0 Å². The van der Waals surface area contributed by atoms with Crippen molar-refractivity contribution in [3.05, 3.63) is 99.8 Å². The Morgan fingerprint density at radius 3 is 2.27 bits per heavy atom. The lowest BCUT2D eigenvalue weighted by molar-refractivity contribution is -0.135. The number of carboxylic acid groups (broad SMARTS) is 1. The van der Waals surface area contributed by atoms with E-state index in [0.29, 0.717) is 16.2 Å². The van der Waals surface area contributed by atoms with Gasteiger partial charge in [0.25, 0.3) is 0 Å². The monoisotopic (exact) mass is 436 g/mol. The molecule has 0 amide bonds. The summed E-state index contributed by atoms with van der Waals surface area (Å²) in [4.78, 5) is 13.5. The Morgan fingerprint density at radius 2 is 1.63 bits per heavy atom. The van der Waals surface area contributed by atoms with E-state index in [2.05, 4.69) is 0 Å². The molecule has 0 unspecified atom stereocenters. The third kappa shape index (κ3) is 4.35. The number of benzene rings is 3. The van der Waals surface area contributed by atoms with E-state index in [1.165, 1.54) is 12.1 Å². The number of hydrogen-bond donors (Lipinski definition) is 1. The van der Waals surface area contributed by atoms with Crippen LogP contribution in [0.3, 0.4) is 0 Å². The lowest BCUT2D eigenvalue weighted by Crippen LogP contribution is -1.97. The smallest absolute Gasteiger partial charge is 0.307 e. The van der Waals surface area contributed by atoms with Crippen LogP contribution in [0.5, 0.6) is 0 Å². The molecule has 3 aromatic carbocycles. The molecular weight excluding hydrogens is 419 g/mol. The predicted octanol–water partition coefficient (Wildman–Crippen LogP) is 7.43. The Bertz CT molecular complexity index is 1180. The van der Waals surface area contributed by atoms with Gasteiger partial charge in [-0.3, -0.25) is 4.79 Å². The van der Waals surface area contributed by atoms with Crippen molar-refractivity contribution in [1.82, 2.24) is 0 Å². The summed E-state index contributed by atoms with van der Waals surface area (Å²) in [5.41, 5.74) is 4.99. The molecule has 1 N–H and O–H groups in total. The zero-order valence-electron chi connectivity index (χ0n) is 16.2. The minimum Gasteiger partial charge on any atom is -0.481 e. The molecule has 3 aromatic rings. The maximum absolute atomic E-state index is 13.8. The second kappa shape index (κ2) is 8.50. The largest absolute Gasteiger partial charge is 0.481 e. The molecule has 0 aliphatic heterocycles. The zero-order chi connectivity index (χ0) is 21.3. The summed E-state index contributed by atoms with van der Waals surface area (Å²) in [6, 6.07) is 20.4. The van der Waals surface area contributed by atoms with Crippen LogP contribution in [0.25, 0.3) is 17.2 Å². The molecule has 0 radical (unpaired) electrons. The van der Waals surface area contributed by atoms with Gasteiger partial charge in [0.05, 0.1) is 6.42 Å². The summed E-state index contributed by atoms with van der Waals surface area (Å²) in [5, 5.41) is 9.98. The molecule has 1 aliphatic rings. The molecule has 0 spiro atoms. The van der Waals surface area contributed by atoms with Gasteiger partial charge >= 0.3 is 5.97 Å². The summed E-state index contributed by atoms with van der Waals surface area (Å²) in [5.74, 6) is -1.29. The third-order valence-corrected chi connectivity index (χ3v) is 6.29. The molecule has 1 aliphatic carbocycles. The Labute approximate surface area is 183 Å². The van der Waals surface area contributed by atoms with Gasteiger partial charge in [-0.15, -0.1) is 0 Å². The van der Waals surface area contributed by atoms with Gasteiger partial charge in [0.1, 0.15) is 5.82 Å². The van der Waals surface area contributed by atoms with Crippen molar-refractivity contribution in [2.75, 3.05) is 0 Å². The molecule has 4 rings (SSSR count). The van der Waals surface area contributed by atoms with Crippen molar-refractivity contribution in [3.63, 3.8) is 0 Å². The van der Waals surface area contributed by atoms with Crippen LogP contribution in [0, 0.1) is 5.82 Å². The summed E-state index contributed by atoms with van der Waals surface area (Å²) >= 11 is 7.59. The van der Waals surface area contributed by atoms with E-state index in [4.69, 9.17) is 11.6 Å². The topological polar surface area (TPSA) is 37.3 Å². The number of aliphatic carboxylic acids is 1. The standard InChI is InChI=1S/C25H18ClFO2S/c1-15-22(21-11-6-18(27)13-24(21)23(15)14-25(28)29)12-16-2-7-19(8-3-16)30-20-9-4-17(26)5-10-20/h2-13H,14H2,1H3,(H,28,29)/b22-12-. The first-order chi connectivity index (χ1) is 14.4. The van der Waals surface area contributed by atoms with Gasteiger partial charge in [-0.05, 0) is 94.9 Å². The molecule has 2 nitrogen and oxygen atoms in total. The quantitative estimate of drug-likeness (QED) is 0.451. The second-order valence-electron chi connectivity index (χ2n) is 7.05. The van der Waals surface area contributed by atoms with Crippen molar-refractivity contribution in [2.45, 2.75) is 23.1 Å². The Morgan fingerprint density at radius 1 is 1.00 bits per heavy atom. The van der Waals surface area contributed by atoms with Gasteiger partial charge in [-0.1, -0.05) is 41.6 Å². The summed E-state index contributed by atoms with van der Waals surface area (Å²) in [6.45, 7) is 1.90. The minimum absolute atomic E-state index is 0.129. The van der Waals surface area contributed by atoms with Crippen LogP contribution in [-0.2, 0) is 4.79 Å². The summed E-state index contributed by atoms with van der Waals surface area (Å²) < 4.78 is 13.8. The van der Waals surface area contributed by atoms with Crippen molar-refractivity contribution >= 4 is 46.6 Å². The van der Waals surface area contributed by atoms with Gasteiger partial charge in [0, 0.05) is 14.8 Å². The van der Waals surface area contributed by atoms with Gasteiger partial charge < -0.3 is 5.11 Å². The number of rotatable bonds is 5. The number of carboxylic acids is 1. The zero-order valence-corrected chi connectivity index (χ0v) is 17.7. The van der Waals surface area contributed by atoms with Crippen molar-refractivity contribution < 1.29 is 14.3 Å². The second-order valence-corrected chi connectivity index (χ2v) is 8.63. The van der Waals surface area contributed by atoms with Crippen LogP contribution in [0.4, 0.5) is 4.39 Å². The molecule has 5 heteroatoms. The Balaban J connectivity index is 1.64. The molecular formula is C25H18ClFO2S. The van der Waals surface area contributed by atoms with Crippen LogP contribution in [-0.4, -0.2) is 11.1 Å². The molecule has 0 aromatic heterocycles. The SMILES string of the molecule is CC1=C(CC(=O)O)c2cc(F)ccc2/C1=C\c1ccc(Sc2ccc(Cl)cc2)cc1. The third-order valence-electron chi connectivity index (χ3n) is 5.02. The van der Waals surface area contributed by atoms with Crippen LogP contribution in [0.15, 0.2) is 82.1 Å². The van der Waals surface area contributed by atoms with E-state index >= 15 is 0 Å². The fourth-order valence-corrected chi connectivity index (χ4v) is 4.51. The van der Waals surface area contributed by atoms with E-state index in [9.17, 15) is 14.3 Å². The van der Waals surface area contributed by atoms with Crippen LogP contribution < -0.4 is 0 Å². The Kier molecular flexibility index (Phi) is 5.80. The molecule has 0 fully saturated rings. The first kappa shape index (κ1) is 20.5. The number of allylic oxidation sites excluding steroid dienone is 2. The highest BCUT2D eigenvalue weighted by molar-refractivity contribution is 7.99. The van der Waals surface area contributed by atoms with Gasteiger partial charge in [-0.25, -0.2) is 4.39 Å². The highest BCUT2D eigenvalue weighted by Crippen LogP contribution is 2.44. The maximum atomic E-state index is 13.8. The first-order valence-corrected chi connectivity index (χ1v) is 10.6. The van der Waals surface area contributed by atoms with E-state index < -0.39 is 5.97 Å². The Hall–Kier alpha value is -2.82. The van der Waals surface area contributed by atoms with Crippen molar-refractivity contribution in [1.29, 1.82) is 0 Å². The lowest BCUT2D eigenvalue weighted by atomic mass is 10.0. The van der Waals surface area contributed by atoms with E-state index in [1.807, 2.05) is 61.5 Å². The van der Waals surface area contributed by atoms with Crippen molar-refractivity contribution in [3.8, 4) is 0 Å². The molecule has 0 bridgehead atoms. The fraction of sp³-hybridized carbons (Fsp3) is 0.0800.